The molecule has 1 heterocycles. The molecule has 0 N–H and O–H groups in total. The van der Waals surface area contributed by atoms with E-state index in [9.17, 15) is 8.42 Å². The van der Waals surface area contributed by atoms with E-state index in [1.54, 1.807) is 16.4 Å². The Morgan fingerprint density at radius 3 is 2.50 bits per heavy atom. The summed E-state index contributed by atoms with van der Waals surface area (Å²) in [5.41, 5.74) is -0.305. The number of benzene rings is 1. The highest BCUT2D eigenvalue weighted by Crippen LogP contribution is 2.36. The zero-order valence-electron chi connectivity index (χ0n) is 10.3. The zero-order valence-corrected chi connectivity index (χ0v) is 14.3. The highest BCUT2D eigenvalue weighted by atomic mass is 79.9. The van der Waals surface area contributed by atoms with Crippen LogP contribution in [0, 0.1) is 0 Å². The van der Waals surface area contributed by atoms with E-state index in [1.165, 1.54) is 0 Å². The van der Waals surface area contributed by atoms with Crippen LogP contribution < -0.4 is 0 Å². The third-order valence-corrected chi connectivity index (χ3v) is 6.88. The van der Waals surface area contributed by atoms with Crippen molar-refractivity contribution in [1.29, 1.82) is 0 Å². The molecular weight excluding hydrogens is 382 g/mol. The van der Waals surface area contributed by atoms with Crippen LogP contribution in [0.25, 0.3) is 0 Å². The molecular formula is C12H15Br2NO2S. The zero-order chi connectivity index (χ0) is 13.6. The predicted octanol–water partition coefficient (Wildman–Crippen LogP) is 3.77. The van der Waals surface area contributed by atoms with Crippen molar-refractivity contribution in [3.8, 4) is 0 Å². The van der Waals surface area contributed by atoms with Gasteiger partial charge in [0.2, 0.25) is 10.0 Å². The van der Waals surface area contributed by atoms with Crippen molar-refractivity contribution in [2.24, 2.45) is 0 Å². The first-order chi connectivity index (χ1) is 8.25. The topological polar surface area (TPSA) is 37.4 Å². The van der Waals surface area contributed by atoms with E-state index in [1.807, 2.05) is 19.9 Å². The minimum atomic E-state index is -3.44. The number of halogens is 2. The SMILES string of the molecule is CC1(C)CCCN1S(=O)(=O)c1cc(Br)ccc1Br. The molecule has 1 aliphatic heterocycles. The molecule has 6 heteroatoms. The second-order valence-corrected chi connectivity index (χ2v) is 8.67. The molecule has 0 aliphatic carbocycles. The molecule has 18 heavy (non-hydrogen) atoms. The van der Waals surface area contributed by atoms with Crippen LogP contribution in [0.4, 0.5) is 0 Å². The van der Waals surface area contributed by atoms with Gasteiger partial charge in [-0.15, -0.1) is 0 Å². The summed E-state index contributed by atoms with van der Waals surface area (Å²) < 4.78 is 28.4. The molecule has 0 bridgehead atoms. The number of sulfonamides is 1. The Labute approximate surface area is 125 Å². The average molecular weight is 397 g/mol. The van der Waals surface area contributed by atoms with E-state index in [2.05, 4.69) is 31.9 Å². The van der Waals surface area contributed by atoms with Crippen molar-refractivity contribution in [2.75, 3.05) is 6.54 Å². The lowest BCUT2D eigenvalue weighted by atomic mass is 10.0. The third-order valence-electron chi connectivity index (χ3n) is 3.29. The summed E-state index contributed by atoms with van der Waals surface area (Å²) in [6, 6.07) is 5.21. The van der Waals surface area contributed by atoms with Gasteiger partial charge in [-0.3, -0.25) is 0 Å². The fraction of sp³-hybridized carbons (Fsp3) is 0.500. The Balaban J connectivity index is 2.52. The van der Waals surface area contributed by atoms with Gasteiger partial charge in [0, 0.05) is 21.0 Å². The first-order valence-corrected chi connectivity index (χ1v) is 8.76. The molecule has 2 rings (SSSR count). The molecule has 1 saturated heterocycles. The quantitative estimate of drug-likeness (QED) is 0.762. The van der Waals surface area contributed by atoms with Gasteiger partial charge in [-0.05, 0) is 60.8 Å². The van der Waals surface area contributed by atoms with Crippen molar-refractivity contribution < 1.29 is 8.42 Å². The van der Waals surface area contributed by atoms with Crippen molar-refractivity contribution in [1.82, 2.24) is 4.31 Å². The van der Waals surface area contributed by atoms with Gasteiger partial charge in [0.05, 0.1) is 4.90 Å². The molecule has 0 atom stereocenters. The number of hydrogen-bond acceptors (Lipinski definition) is 2. The summed E-state index contributed by atoms with van der Waals surface area (Å²) >= 11 is 6.65. The molecule has 3 nitrogen and oxygen atoms in total. The highest BCUT2D eigenvalue weighted by molar-refractivity contribution is 9.11. The van der Waals surface area contributed by atoms with Crippen LogP contribution in [-0.4, -0.2) is 24.8 Å². The molecule has 100 valence electrons. The molecule has 0 saturated carbocycles. The summed E-state index contributed by atoms with van der Waals surface area (Å²) in [6.07, 6.45) is 1.82. The van der Waals surface area contributed by atoms with Gasteiger partial charge in [-0.2, -0.15) is 4.31 Å². The van der Waals surface area contributed by atoms with Crippen molar-refractivity contribution in [3.05, 3.63) is 27.1 Å². The summed E-state index contributed by atoms with van der Waals surface area (Å²) in [6.45, 7) is 4.54. The number of rotatable bonds is 2. The van der Waals surface area contributed by atoms with Crippen LogP contribution in [0.1, 0.15) is 26.7 Å². The maximum atomic E-state index is 12.7. The number of nitrogens with zero attached hydrogens (tertiary/aromatic N) is 1. The summed E-state index contributed by atoms with van der Waals surface area (Å²) in [7, 11) is -3.44. The van der Waals surface area contributed by atoms with Gasteiger partial charge in [0.15, 0.2) is 0 Å². The summed E-state index contributed by atoms with van der Waals surface area (Å²) in [5.74, 6) is 0. The molecule has 0 spiro atoms. The van der Waals surface area contributed by atoms with Crippen LogP contribution in [0.5, 0.6) is 0 Å². The van der Waals surface area contributed by atoms with Crippen LogP contribution in [-0.2, 0) is 10.0 Å². The fourth-order valence-electron chi connectivity index (χ4n) is 2.32. The lowest BCUT2D eigenvalue weighted by Crippen LogP contribution is -2.42. The first-order valence-electron chi connectivity index (χ1n) is 5.73. The minimum Gasteiger partial charge on any atom is -0.207 e. The van der Waals surface area contributed by atoms with E-state index in [4.69, 9.17) is 0 Å². The molecule has 0 radical (unpaired) electrons. The lowest BCUT2D eigenvalue weighted by Gasteiger charge is -2.30. The van der Waals surface area contributed by atoms with Gasteiger partial charge in [0.25, 0.3) is 0 Å². The maximum Gasteiger partial charge on any atom is 0.244 e. The highest BCUT2D eigenvalue weighted by Gasteiger charge is 2.41. The van der Waals surface area contributed by atoms with Crippen LogP contribution in [0.3, 0.4) is 0 Å². The Hall–Kier alpha value is 0.0900. The van der Waals surface area contributed by atoms with Crippen molar-refractivity contribution >= 4 is 41.9 Å². The van der Waals surface area contributed by atoms with Gasteiger partial charge in [-0.25, -0.2) is 8.42 Å². The Bertz CT molecular complexity index is 569. The smallest absolute Gasteiger partial charge is 0.207 e. The standard InChI is InChI=1S/C12H15Br2NO2S/c1-12(2)6-3-7-15(12)18(16,17)11-8-9(13)4-5-10(11)14/h4-5,8H,3,6-7H2,1-2H3. The van der Waals surface area contributed by atoms with Crippen LogP contribution >= 0.6 is 31.9 Å². The monoisotopic (exact) mass is 395 g/mol. The van der Waals surface area contributed by atoms with E-state index in [0.29, 0.717) is 15.9 Å². The van der Waals surface area contributed by atoms with Crippen molar-refractivity contribution in [2.45, 2.75) is 37.1 Å². The molecule has 1 aromatic carbocycles. The minimum absolute atomic E-state index is 0.305. The third kappa shape index (κ3) is 2.53. The Morgan fingerprint density at radius 2 is 1.94 bits per heavy atom. The Kier molecular flexibility index (Phi) is 3.94. The van der Waals surface area contributed by atoms with Crippen molar-refractivity contribution in [3.63, 3.8) is 0 Å². The molecule has 1 aliphatic rings. The summed E-state index contributed by atoms with van der Waals surface area (Å²) in [4.78, 5) is 0.326. The first kappa shape index (κ1) is 14.5. The fourth-order valence-corrected chi connectivity index (χ4v) is 5.63. The molecule has 1 fully saturated rings. The average Bonchev–Trinajstić information content (AvgIpc) is 2.62. The van der Waals surface area contributed by atoms with E-state index in [-0.39, 0.29) is 5.54 Å². The normalized spacial score (nSPS) is 20.2. The van der Waals surface area contributed by atoms with Gasteiger partial charge in [0.1, 0.15) is 0 Å². The molecule has 0 aromatic heterocycles. The van der Waals surface area contributed by atoms with Gasteiger partial charge in [-0.1, -0.05) is 15.9 Å². The Morgan fingerprint density at radius 1 is 1.28 bits per heavy atom. The van der Waals surface area contributed by atoms with Gasteiger partial charge >= 0.3 is 0 Å². The van der Waals surface area contributed by atoms with E-state index >= 15 is 0 Å². The predicted molar refractivity (Wildman–Crippen MR) is 79.0 cm³/mol. The van der Waals surface area contributed by atoms with E-state index < -0.39 is 10.0 Å². The number of hydrogen-bond donors (Lipinski definition) is 0. The van der Waals surface area contributed by atoms with Crippen LogP contribution in [0.2, 0.25) is 0 Å². The molecule has 0 amide bonds. The van der Waals surface area contributed by atoms with E-state index in [0.717, 1.165) is 17.3 Å². The van der Waals surface area contributed by atoms with Gasteiger partial charge < -0.3 is 0 Å². The lowest BCUT2D eigenvalue weighted by molar-refractivity contribution is 0.291. The largest absolute Gasteiger partial charge is 0.244 e. The maximum absolute atomic E-state index is 12.7. The molecule has 1 aromatic rings. The summed E-state index contributed by atoms with van der Waals surface area (Å²) in [5, 5.41) is 0. The molecule has 0 unspecified atom stereocenters. The second kappa shape index (κ2) is 4.89. The van der Waals surface area contributed by atoms with Crippen LogP contribution in [0.15, 0.2) is 32.0 Å². The second-order valence-electron chi connectivity index (χ2n) is 5.07.